The van der Waals surface area contributed by atoms with Gasteiger partial charge in [-0.2, -0.15) is 18.4 Å². The molecule has 0 spiro atoms. The second kappa shape index (κ2) is 90.5. The van der Waals surface area contributed by atoms with Gasteiger partial charge < -0.3 is 155 Å². The maximum absolute atomic E-state index is 12.5. The molecule has 0 saturated heterocycles. The molecule has 50 heteroatoms. The van der Waals surface area contributed by atoms with Gasteiger partial charge in [0.1, 0.15) is 11.7 Å². The molecule has 0 aliphatic heterocycles. The molecule has 0 aliphatic carbocycles. The van der Waals surface area contributed by atoms with Crippen molar-refractivity contribution in [2.75, 3.05) is 184 Å². The molecular weight excluding hydrogens is 1880 g/mol. The quantitative estimate of drug-likeness (QED) is 0.00758. The molecule has 0 bridgehead atoms. The number of carbonyl (C=O) groups excluding carboxylic acids is 1. The van der Waals surface area contributed by atoms with E-state index in [-0.39, 0.29) is 94.9 Å². The van der Waals surface area contributed by atoms with Crippen molar-refractivity contribution in [1.29, 1.82) is 5.26 Å². The fourth-order valence-corrected chi connectivity index (χ4v) is 9.89. The summed E-state index contributed by atoms with van der Waals surface area (Å²) in [6.07, 6.45) is 4.70. The third-order valence-corrected chi connectivity index (χ3v) is 16.5. The number of aliphatic imine (C=N–C) groups is 8. The van der Waals surface area contributed by atoms with E-state index in [9.17, 15) is 28.1 Å². The van der Waals surface area contributed by atoms with Gasteiger partial charge in [0.25, 0.3) is 5.96 Å². The number of hydroxylamine groups is 1. The third kappa shape index (κ3) is 174. The van der Waals surface area contributed by atoms with Gasteiger partial charge in [-0.1, -0.05) is 208 Å². The molecule has 0 rings (SSSR count). The Morgan fingerprint density at radius 2 is 0.630 bits per heavy atom. The van der Waals surface area contributed by atoms with Crippen LogP contribution in [-0.2, 0) is 9.63 Å². The smallest absolute Gasteiger partial charge is 0.392 e. The second-order valence-electron chi connectivity index (χ2n) is 47.0. The van der Waals surface area contributed by atoms with Gasteiger partial charge in [0.05, 0.1) is 12.1 Å². The highest BCUT2D eigenvalue weighted by Gasteiger charge is 2.39. The predicted molar refractivity (Wildman–Crippen MR) is 613 cm³/mol. The van der Waals surface area contributed by atoms with Gasteiger partial charge in [-0.15, -0.1) is 0 Å². The summed E-state index contributed by atoms with van der Waals surface area (Å²) in [4.78, 5) is 56.2. The van der Waals surface area contributed by atoms with Crippen molar-refractivity contribution < 1.29 is 33.0 Å². The van der Waals surface area contributed by atoms with Crippen LogP contribution >= 0.6 is 0 Å². The van der Waals surface area contributed by atoms with E-state index in [0.29, 0.717) is 89.7 Å². The Kier molecular flexibility index (Phi) is 97.0. The molecule has 46 N–H and O–H groups in total. The largest absolute Gasteiger partial charge is 0.410 e. The van der Waals surface area contributed by atoms with Crippen molar-refractivity contribution in [3.8, 4) is 6.19 Å². The van der Waals surface area contributed by atoms with Crippen LogP contribution in [0.15, 0.2) is 50.2 Å². The maximum Gasteiger partial charge on any atom is 0.410 e. The SMILES string of the molecule is CC(=O)NC(N)=NCCCNCC(C)(C)C.CC(C)(C)CNCCC(N=C(N)N)C(F)(F)F.CC(C)(C)CNCCCN/C(N)=N\[N+](=O)[O-].CC(C)(C)CNCCCN=C(N)N.CC(C)(C)CNCCCN=C(N)NC#N.CC(C)(C)CNCCCN=C(N)NO.CC(C)(C)CNCCON=C(N)N.CN=C(N)NCCCNCC(C)(C)C.C[C@@H](CCNCC(C)(C)C)N=C(N)N.C[C@H](CCNCC(C)(C)C)N=C(N)N. The number of nitro groups is 1. The first-order chi connectivity index (χ1) is 66.5. The lowest BCUT2D eigenvalue weighted by molar-refractivity contribution is -0.485. The average molecular weight is 2100 g/mol. The van der Waals surface area contributed by atoms with Crippen LogP contribution in [0, 0.1) is 75.7 Å². The molecule has 0 aliphatic rings. The van der Waals surface area contributed by atoms with Crippen LogP contribution in [0.1, 0.15) is 286 Å². The van der Waals surface area contributed by atoms with Crippen molar-refractivity contribution in [3.05, 3.63) is 10.1 Å². The van der Waals surface area contributed by atoms with Crippen molar-refractivity contribution in [2.24, 2.45) is 190 Å². The number of hydrogen-bond donors (Lipinski definition) is 31. The molecule has 0 aromatic carbocycles. The fraction of sp³-hybridized carbons (Fsp3) is 0.875. The second-order valence-corrected chi connectivity index (χ2v) is 47.0. The van der Waals surface area contributed by atoms with Crippen LogP contribution in [0.2, 0.25) is 0 Å². The number of amides is 1. The number of nitrogens with two attached hydrogens (primary N) is 15. The van der Waals surface area contributed by atoms with E-state index >= 15 is 0 Å². The molecule has 0 radical (unpaired) electrons. The molecule has 0 aromatic heterocycles. The normalized spacial score (nSPS) is 12.8. The Morgan fingerprint density at radius 1 is 0.363 bits per heavy atom. The van der Waals surface area contributed by atoms with E-state index in [4.69, 9.17) is 101 Å². The van der Waals surface area contributed by atoms with Gasteiger partial charge in [-0.05, 0) is 249 Å². The van der Waals surface area contributed by atoms with Gasteiger partial charge in [-0.3, -0.25) is 55.6 Å². The monoisotopic (exact) mass is 2100 g/mol. The first-order valence-corrected chi connectivity index (χ1v) is 50.5. The molecule has 47 nitrogen and oxygen atoms in total. The molecule has 3 atom stereocenters. The summed E-state index contributed by atoms with van der Waals surface area (Å²) in [6.45, 7) is 93.1. The summed E-state index contributed by atoms with van der Waals surface area (Å²) in [6, 6.07) is -1.43. The van der Waals surface area contributed by atoms with Gasteiger partial charge in [0.2, 0.25) is 23.8 Å². The van der Waals surface area contributed by atoms with Crippen LogP contribution in [0.5, 0.6) is 0 Å². The Morgan fingerprint density at radius 3 is 0.884 bits per heavy atom. The van der Waals surface area contributed by atoms with E-state index in [2.05, 4.69) is 312 Å². The van der Waals surface area contributed by atoms with Crippen LogP contribution in [0.25, 0.3) is 0 Å². The number of guanidine groups is 10. The lowest BCUT2D eigenvalue weighted by Crippen LogP contribution is -2.36. The van der Waals surface area contributed by atoms with Crippen molar-refractivity contribution >= 4 is 65.5 Å². The minimum absolute atomic E-state index is 0.0316. The summed E-state index contributed by atoms with van der Waals surface area (Å²) in [5.74, 6) is 0.572. The highest BCUT2D eigenvalue weighted by Crippen LogP contribution is 2.25. The van der Waals surface area contributed by atoms with E-state index in [1.54, 1.807) is 18.7 Å². The topological polar surface area (TPSA) is 808 Å². The van der Waals surface area contributed by atoms with Crippen molar-refractivity contribution in [3.63, 3.8) is 0 Å². The highest BCUT2D eigenvalue weighted by molar-refractivity contribution is 5.95. The zero-order chi connectivity index (χ0) is 116. The van der Waals surface area contributed by atoms with Crippen molar-refractivity contribution in [2.45, 2.75) is 311 Å². The Bertz CT molecular complexity index is 3410. The number of nitrogens with zero attached hydrogens (tertiary/aromatic N) is 12. The fourth-order valence-electron chi connectivity index (χ4n) is 9.89. The molecular formula is C96H223F3N42O5. The molecule has 146 heavy (non-hydrogen) atoms. The maximum atomic E-state index is 12.5. The molecule has 868 valence electrons. The van der Waals surface area contributed by atoms with Crippen LogP contribution < -0.4 is 166 Å². The number of nitrogens with one attached hydrogen (secondary N) is 15. The molecule has 0 fully saturated rings. The zero-order valence-electron chi connectivity index (χ0n) is 97.4. The van der Waals surface area contributed by atoms with Crippen molar-refractivity contribution in [1.82, 2.24) is 79.9 Å². The zero-order valence-corrected chi connectivity index (χ0v) is 97.4. The van der Waals surface area contributed by atoms with Crippen LogP contribution in [0.4, 0.5) is 13.2 Å². The van der Waals surface area contributed by atoms with E-state index in [0.717, 1.165) is 176 Å². The standard InChI is InChI=1S/C11H24N4O.C10H21F3N4.C10H21N5.3C10H24N4.C9H21N5O2.C9H22N4O.C9H22N4.C8H20N4O/c1-9(16)15-10(12)14-7-5-6-13-8-11(2,3)4;1-9(2,3)6-16-5-4-7(10(11,12)13)17-8(14)15;1-10(2,3)7-13-5-4-6-14-9(12)15-8-11;2*1-8(14-9(11)12)5-6-13-7-10(2,3)4;1-10(2,3)8-13-6-5-7-14-9(11)12-4;1-9(2,3)7-11-5-4-6-12-8(10)13-14(15)16;1-9(2,3)7-11-5-4-6-12-8(10)13-14;1-9(2,3)7-12-5-4-6-13-8(10)11;1-8(2,3)6-11-4-5-13-12-7(9)10/h13H,5-8H2,1-4H3,(H3,12,14,15,16);7,16H,4-6H2,1-3H3,(H4,14,15,17);13H,4-7H2,1-3H3,(H3,12,14,15);2*8,13H,5-7H2,1-4H3,(H4,11,12,14);13H,5-8H2,1-4H3,(H3,11,12,14);11H,4-7H2,1-3H3,(H3,10,12,13);11,14H,4-7H2,1-3H3,(H3,10,12,13);12H,4-7H2,1-3H3,(H4,10,11,13);11H,4-6H2,1-3H3,(H4,9,10,12)/t;;;2*8-;;;;;/m...10...../s1. The lowest BCUT2D eigenvalue weighted by atomic mass is 9.97. The van der Waals surface area contributed by atoms with E-state index in [1.165, 1.54) is 6.92 Å². The summed E-state index contributed by atoms with van der Waals surface area (Å²) in [7, 11) is 1.68. The predicted octanol–water partition coefficient (Wildman–Crippen LogP) is 4.50. The summed E-state index contributed by atoms with van der Waals surface area (Å²) >= 11 is 0. The van der Waals surface area contributed by atoms with E-state index < -0.39 is 23.2 Å². The average Bonchev–Trinajstić information content (AvgIpc) is 0.882. The van der Waals surface area contributed by atoms with Gasteiger partial charge in [-0.25, -0.2) is 20.6 Å². The van der Waals surface area contributed by atoms with Crippen LogP contribution in [0.3, 0.4) is 0 Å². The molecule has 0 saturated carbocycles. The molecule has 1 unspecified atom stereocenters. The molecule has 0 heterocycles. The number of rotatable bonds is 51. The number of hydrazone groups is 1. The Labute approximate surface area is 880 Å². The minimum atomic E-state index is -4.41. The Hall–Kier alpha value is -9.59. The first kappa shape index (κ1) is 157. The highest BCUT2D eigenvalue weighted by atomic mass is 19.4. The summed E-state index contributed by atoms with van der Waals surface area (Å²) < 4.78 is 37.5. The van der Waals surface area contributed by atoms with Gasteiger partial charge in [0.15, 0.2) is 53.0 Å². The summed E-state index contributed by atoms with van der Waals surface area (Å²) in [5.41, 5.74) is 82.9. The third-order valence-electron chi connectivity index (χ3n) is 16.5. The van der Waals surface area contributed by atoms with Crippen LogP contribution in [-0.4, -0.2) is 284 Å². The molecule has 1 amide bonds. The summed E-state index contributed by atoms with van der Waals surface area (Å²) in [5, 5.41) is 75.3. The number of nitriles is 1. The first-order valence-electron chi connectivity index (χ1n) is 50.5. The number of carbonyl (C=O) groups is 1. The Balaban J connectivity index is -0.000000176. The number of alkyl halides is 3. The number of halogens is 3. The van der Waals surface area contributed by atoms with E-state index in [1.807, 2.05) is 34.6 Å². The minimum Gasteiger partial charge on any atom is -0.392 e. The van der Waals surface area contributed by atoms with Gasteiger partial charge in [0, 0.05) is 66.3 Å². The van der Waals surface area contributed by atoms with Gasteiger partial charge >= 0.3 is 6.18 Å². The number of hydrogen-bond acceptors (Lipinski definition) is 25. The molecule has 0 aromatic rings. The number of oxime groups is 1. The lowest BCUT2D eigenvalue weighted by Gasteiger charge is -2.21.